The van der Waals surface area contributed by atoms with E-state index in [1.807, 2.05) is 36.4 Å². The molecule has 0 bridgehead atoms. The van der Waals surface area contributed by atoms with Gasteiger partial charge < -0.3 is 9.47 Å². The van der Waals surface area contributed by atoms with Crippen LogP contribution in [-0.4, -0.2) is 39.0 Å². The predicted molar refractivity (Wildman–Crippen MR) is 90.4 cm³/mol. The molecular weight excluding hydrogens is 326 g/mol. The highest BCUT2D eigenvalue weighted by molar-refractivity contribution is 7.19. The number of methoxy groups -OCH3 is 2. The van der Waals surface area contributed by atoms with Crippen LogP contribution < -0.4 is 9.47 Å². The molecule has 4 rings (SSSR count). The Morgan fingerprint density at radius 2 is 1.88 bits per heavy atom. The third-order valence-electron chi connectivity index (χ3n) is 3.52. The topological polar surface area (TPSA) is 74.4 Å². The summed E-state index contributed by atoms with van der Waals surface area (Å²) in [5, 5.41) is 13.8. The molecule has 1 aromatic carbocycles. The number of nitrogens with zero attached hydrogens (tertiary/aromatic N) is 5. The molecule has 0 unspecified atom stereocenters. The molecule has 0 saturated carbocycles. The number of benzene rings is 1. The van der Waals surface area contributed by atoms with E-state index in [9.17, 15) is 0 Å². The Hall–Kier alpha value is -3.00. The van der Waals surface area contributed by atoms with Gasteiger partial charge in [0.05, 0.1) is 14.2 Å². The van der Waals surface area contributed by atoms with Gasteiger partial charge in [-0.05, 0) is 30.3 Å². The highest BCUT2D eigenvalue weighted by Gasteiger charge is 2.16. The lowest BCUT2D eigenvalue weighted by Gasteiger charge is -2.08. The van der Waals surface area contributed by atoms with Gasteiger partial charge in [-0.3, -0.25) is 4.98 Å². The number of ether oxygens (including phenoxy) is 2. The molecule has 0 aliphatic rings. The average Bonchev–Trinajstić information content (AvgIpc) is 3.22. The second-order valence-electron chi connectivity index (χ2n) is 4.91. The van der Waals surface area contributed by atoms with Gasteiger partial charge in [0.2, 0.25) is 4.96 Å². The first-order valence-electron chi connectivity index (χ1n) is 7.16. The summed E-state index contributed by atoms with van der Waals surface area (Å²) in [7, 11) is 3.20. The fourth-order valence-corrected chi connectivity index (χ4v) is 3.18. The molecule has 0 spiro atoms. The molecule has 0 N–H and O–H groups in total. The Balaban J connectivity index is 1.82. The van der Waals surface area contributed by atoms with Crippen LogP contribution in [0.3, 0.4) is 0 Å². The highest BCUT2D eigenvalue weighted by Crippen LogP contribution is 2.33. The maximum Gasteiger partial charge on any atom is 0.235 e. The Bertz CT molecular complexity index is 996. The lowest BCUT2D eigenvalue weighted by atomic mass is 10.2. The van der Waals surface area contributed by atoms with E-state index in [0.717, 1.165) is 16.3 Å². The highest BCUT2D eigenvalue weighted by atomic mass is 32.1. The summed E-state index contributed by atoms with van der Waals surface area (Å²) in [6.45, 7) is 0. The molecule has 24 heavy (non-hydrogen) atoms. The van der Waals surface area contributed by atoms with Gasteiger partial charge in [-0.25, -0.2) is 0 Å². The van der Waals surface area contributed by atoms with Crippen LogP contribution in [0.1, 0.15) is 0 Å². The number of rotatable bonds is 4. The molecule has 0 aliphatic heterocycles. The van der Waals surface area contributed by atoms with Crippen molar-refractivity contribution in [2.24, 2.45) is 0 Å². The van der Waals surface area contributed by atoms with E-state index in [1.54, 1.807) is 24.9 Å². The number of fused-ring (bicyclic) bond motifs is 1. The van der Waals surface area contributed by atoms with Crippen LogP contribution >= 0.6 is 11.3 Å². The van der Waals surface area contributed by atoms with Crippen LogP contribution in [0, 0.1) is 0 Å². The minimum absolute atomic E-state index is 0.631. The monoisotopic (exact) mass is 339 g/mol. The maximum atomic E-state index is 5.35. The van der Waals surface area contributed by atoms with Crippen molar-refractivity contribution < 1.29 is 9.47 Å². The second-order valence-corrected chi connectivity index (χ2v) is 5.87. The molecule has 3 aromatic heterocycles. The molecular formula is C16H13N5O2S. The third-order valence-corrected chi connectivity index (χ3v) is 4.44. The van der Waals surface area contributed by atoms with Gasteiger partial charge in [0.1, 0.15) is 5.69 Å². The number of pyridine rings is 1. The van der Waals surface area contributed by atoms with Crippen LogP contribution in [0.2, 0.25) is 0 Å². The summed E-state index contributed by atoms with van der Waals surface area (Å²) in [5.74, 6) is 1.94. The summed E-state index contributed by atoms with van der Waals surface area (Å²) >= 11 is 1.44. The first-order valence-corrected chi connectivity index (χ1v) is 7.98. The summed E-state index contributed by atoms with van der Waals surface area (Å²) < 4.78 is 12.3. The van der Waals surface area contributed by atoms with Crippen molar-refractivity contribution in [3.8, 4) is 33.6 Å². The van der Waals surface area contributed by atoms with E-state index >= 15 is 0 Å². The molecule has 4 aromatic rings. The van der Waals surface area contributed by atoms with E-state index in [0.29, 0.717) is 22.3 Å². The molecule has 0 fully saturated rings. The zero-order valence-corrected chi connectivity index (χ0v) is 13.8. The van der Waals surface area contributed by atoms with E-state index in [4.69, 9.17) is 9.47 Å². The van der Waals surface area contributed by atoms with Crippen LogP contribution in [-0.2, 0) is 0 Å². The van der Waals surface area contributed by atoms with Crippen molar-refractivity contribution >= 4 is 16.3 Å². The van der Waals surface area contributed by atoms with Crippen LogP contribution in [0.5, 0.6) is 11.5 Å². The zero-order chi connectivity index (χ0) is 16.5. The summed E-state index contributed by atoms with van der Waals surface area (Å²) in [4.78, 5) is 5.03. The molecule has 7 nitrogen and oxygen atoms in total. The Morgan fingerprint density at radius 3 is 2.62 bits per heavy atom. The van der Waals surface area contributed by atoms with Crippen molar-refractivity contribution in [1.82, 2.24) is 24.8 Å². The Morgan fingerprint density at radius 1 is 1.00 bits per heavy atom. The van der Waals surface area contributed by atoms with Crippen molar-refractivity contribution in [3.63, 3.8) is 0 Å². The maximum absolute atomic E-state index is 5.35. The zero-order valence-electron chi connectivity index (χ0n) is 13.0. The van der Waals surface area contributed by atoms with Gasteiger partial charge in [0, 0.05) is 11.8 Å². The smallest absolute Gasteiger partial charge is 0.235 e. The lowest BCUT2D eigenvalue weighted by Crippen LogP contribution is -1.94. The van der Waals surface area contributed by atoms with Gasteiger partial charge in [-0.15, -0.1) is 10.2 Å². The summed E-state index contributed by atoms with van der Waals surface area (Å²) in [6, 6.07) is 11.3. The summed E-state index contributed by atoms with van der Waals surface area (Å²) in [5.41, 5.74) is 1.66. The molecule has 0 atom stereocenters. The molecule has 0 radical (unpaired) electrons. The molecule has 0 amide bonds. The molecule has 0 aliphatic carbocycles. The predicted octanol–water partition coefficient (Wildman–Crippen LogP) is 2.93. The standard InChI is InChI=1S/C16H13N5O2S/c1-22-12-7-6-10(9-13(12)23-2)14-18-19-16-21(14)20-15(24-16)11-5-3-4-8-17-11/h3-9H,1-2H3. The quantitative estimate of drug-likeness (QED) is 0.569. The van der Waals surface area contributed by atoms with E-state index < -0.39 is 0 Å². The van der Waals surface area contributed by atoms with Crippen LogP contribution in [0.15, 0.2) is 42.6 Å². The second kappa shape index (κ2) is 5.89. The van der Waals surface area contributed by atoms with Crippen molar-refractivity contribution in [3.05, 3.63) is 42.6 Å². The first-order chi connectivity index (χ1) is 11.8. The van der Waals surface area contributed by atoms with Gasteiger partial charge >= 0.3 is 0 Å². The minimum Gasteiger partial charge on any atom is -0.493 e. The van der Waals surface area contributed by atoms with E-state index in [2.05, 4.69) is 20.3 Å². The first kappa shape index (κ1) is 14.6. The van der Waals surface area contributed by atoms with Crippen molar-refractivity contribution in [2.45, 2.75) is 0 Å². The Kier molecular flexibility index (Phi) is 3.58. The molecule has 8 heteroatoms. The summed E-state index contributed by atoms with van der Waals surface area (Å²) in [6.07, 6.45) is 1.74. The van der Waals surface area contributed by atoms with Gasteiger partial charge in [0.25, 0.3) is 0 Å². The van der Waals surface area contributed by atoms with Crippen LogP contribution in [0.25, 0.3) is 27.1 Å². The fourth-order valence-electron chi connectivity index (χ4n) is 2.37. The number of hydrogen-bond acceptors (Lipinski definition) is 7. The van der Waals surface area contributed by atoms with Gasteiger partial charge in [-0.2, -0.15) is 9.61 Å². The lowest BCUT2D eigenvalue weighted by molar-refractivity contribution is 0.355. The average molecular weight is 339 g/mol. The Labute approximate surface area is 141 Å². The van der Waals surface area contributed by atoms with Crippen molar-refractivity contribution in [2.75, 3.05) is 14.2 Å². The largest absolute Gasteiger partial charge is 0.493 e. The number of hydrogen-bond donors (Lipinski definition) is 0. The minimum atomic E-state index is 0.631. The third kappa shape index (κ3) is 2.37. The van der Waals surface area contributed by atoms with Gasteiger partial charge in [-0.1, -0.05) is 17.4 Å². The number of aromatic nitrogens is 5. The normalized spacial score (nSPS) is 10.9. The molecule has 3 heterocycles. The fraction of sp³-hybridized carbons (Fsp3) is 0.125. The molecule has 0 saturated heterocycles. The van der Waals surface area contributed by atoms with E-state index in [-0.39, 0.29) is 0 Å². The van der Waals surface area contributed by atoms with Gasteiger partial charge in [0.15, 0.2) is 22.3 Å². The SMILES string of the molecule is COc1ccc(-c2nnc3sc(-c4ccccn4)nn23)cc1OC. The van der Waals surface area contributed by atoms with Crippen LogP contribution in [0.4, 0.5) is 0 Å². The molecule has 120 valence electrons. The van der Waals surface area contributed by atoms with E-state index in [1.165, 1.54) is 11.3 Å². The van der Waals surface area contributed by atoms with Crippen molar-refractivity contribution in [1.29, 1.82) is 0 Å².